The number of hydrogen-bond acceptors (Lipinski definition) is 4. The average Bonchev–Trinajstić information content (AvgIpc) is 2.61. The molecular weight excluding hydrogens is 292 g/mol. The Morgan fingerprint density at radius 2 is 1.96 bits per heavy atom. The Balaban J connectivity index is 1.88. The second-order valence-corrected chi connectivity index (χ2v) is 5.14. The number of carbonyl (C=O) groups is 2. The summed E-state index contributed by atoms with van der Waals surface area (Å²) in [5.41, 5.74) is 1.37. The fraction of sp³-hybridized carbons (Fsp3) is 0.278. The molecule has 1 heterocycles. The molecule has 1 atom stereocenters. The van der Waals surface area contributed by atoms with Crippen LogP contribution >= 0.6 is 0 Å². The lowest BCUT2D eigenvalue weighted by Gasteiger charge is -2.18. The zero-order valence-electron chi connectivity index (χ0n) is 13.1. The standard InChI is InChI=1S/C18H20N2O3/c1-2-7-16(14-8-4-3-5-9-14)20-17(21)13-23-18(22)15-10-6-11-19-12-15/h3-6,8-12,16H,2,7,13H2,1H3,(H,20,21)/t16-/m0/s1. The minimum absolute atomic E-state index is 0.0780. The zero-order chi connectivity index (χ0) is 16.5. The van der Waals surface area contributed by atoms with Gasteiger partial charge in [0.2, 0.25) is 0 Å². The molecule has 0 fully saturated rings. The first-order valence-electron chi connectivity index (χ1n) is 7.62. The van der Waals surface area contributed by atoms with E-state index in [-0.39, 0.29) is 18.6 Å². The highest BCUT2D eigenvalue weighted by Gasteiger charge is 2.15. The molecule has 23 heavy (non-hydrogen) atoms. The minimum atomic E-state index is -0.556. The van der Waals surface area contributed by atoms with E-state index in [0.29, 0.717) is 5.56 Å². The van der Waals surface area contributed by atoms with Gasteiger partial charge in [-0.1, -0.05) is 43.7 Å². The van der Waals surface area contributed by atoms with Crippen molar-refractivity contribution in [2.45, 2.75) is 25.8 Å². The van der Waals surface area contributed by atoms with Crippen LogP contribution in [0.25, 0.3) is 0 Å². The van der Waals surface area contributed by atoms with Gasteiger partial charge in [-0.3, -0.25) is 9.78 Å². The van der Waals surface area contributed by atoms with Crippen LogP contribution in [0.5, 0.6) is 0 Å². The molecule has 0 spiro atoms. The maximum atomic E-state index is 12.0. The van der Waals surface area contributed by atoms with Crippen LogP contribution in [0.1, 0.15) is 41.7 Å². The van der Waals surface area contributed by atoms with Crippen LogP contribution in [0, 0.1) is 0 Å². The molecule has 0 bridgehead atoms. The van der Waals surface area contributed by atoms with Crippen molar-refractivity contribution in [2.24, 2.45) is 0 Å². The highest BCUT2D eigenvalue weighted by atomic mass is 16.5. The Morgan fingerprint density at radius 1 is 1.17 bits per heavy atom. The lowest BCUT2D eigenvalue weighted by Crippen LogP contribution is -2.32. The van der Waals surface area contributed by atoms with Crippen molar-refractivity contribution in [2.75, 3.05) is 6.61 Å². The summed E-state index contributed by atoms with van der Waals surface area (Å²) in [6.07, 6.45) is 4.74. The summed E-state index contributed by atoms with van der Waals surface area (Å²) in [6, 6.07) is 12.9. The number of hydrogen-bond donors (Lipinski definition) is 1. The number of rotatable bonds is 7. The number of carbonyl (C=O) groups excluding carboxylic acids is 2. The zero-order valence-corrected chi connectivity index (χ0v) is 13.1. The molecule has 2 aromatic rings. The Morgan fingerprint density at radius 3 is 2.61 bits per heavy atom. The summed E-state index contributed by atoms with van der Waals surface area (Å²) < 4.78 is 5.01. The Hall–Kier alpha value is -2.69. The molecular formula is C18H20N2O3. The lowest BCUT2D eigenvalue weighted by atomic mass is 10.0. The van der Waals surface area contributed by atoms with Crippen LogP contribution < -0.4 is 5.32 Å². The van der Waals surface area contributed by atoms with Crippen LogP contribution in [0.4, 0.5) is 0 Å². The molecule has 2 rings (SSSR count). The SMILES string of the molecule is CCC[C@H](NC(=O)COC(=O)c1cccnc1)c1ccccc1. The molecule has 5 nitrogen and oxygen atoms in total. The number of esters is 1. The highest BCUT2D eigenvalue weighted by molar-refractivity contribution is 5.90. The van der Waals surface area contributed by atoms with Crippen molar-refractivity contribution in [3.8, 4) is 0 Å². The second-order valence-electron chi connectivity index (χ2n) is 5.14. The van der Waals surface area contributed by atoms with Gasteiger partial charge in [-0.25, -0.2) is 4.79 Å². The van der Waals surface area contributed by atoms with Crippen molar-refractivity contribution >= 4 is 11.9 Å². The Bertz CT molecular complexity index is 629. The fourth-order valence-corrected chi connectivity index (χ4v) is 2.23. The molecule has 1 aromatic carbocycles. The van der Waals surface area contributed by atoms with Crippen molar-refractivity contribution in [1.82, 2.24) is 10.3 Å². The van der Waals surface area contributed by atoms with Crippen LogP contribution in [-0.2, 0) is 9.53 Å². The molecule has 0 saturated heterocycles. The second kappa shape index (κ2) is 8.68. The summed E-state index contributed by atoms with van der Waals surface area (Å²) in [6.45, 7) is 1.76. The quantitative estimate of drug-likeness (QED) is 0.798. The normalized spacial score (nSPS) is 11.5. The van der Waals surface area contributed by atoms with E-state index in [1.165, 1.54) is 6.20 Å². The van der Waals surface area contributed by atoms with E-state index in [4.69, 9.17) is 4.74 Å². The van der Waals surface area contributed by atoms with Crippen LogP contribution in [0.15, 0.2) is 54.9 Å². The summed E-state index contributed by atoms with van der Waals surface area (Å²) in [5.74, 6) is -0.871. The Kier molecular flexibility index (Phi) is 6.29. The molecule has 0 unspecified atom stereocenters. The molecule has 1 amide bonds. The van der Waals surface area contributed by atoms with Crippen LogP contribution in [0.3, 0.4) is 0 Å². The predicted octanol–water partition coefficient (Wildman–Crippen LogP) is 2.90. The number of ether oxygens (including phenoxy) is 1. The van der Waals surface area contributed by atoms with Gasteiger partial charge in [0.25, 0.3) is 5.91 Å². The van der Waals surface area contributed by atoms with Crippen LogP contribution in [-0.4, -0.2) is 23.5 Å². The van der Waals surface area contributed by atoms with Crippen molar-refractivity contribution in [3.05, 3.63) is 66.0 Å². The monoisotopic (exact) mass is 312 g/mol. The first-order valence-corrected chi connectivity index (χ1v) is 7.62. The first-order chi connectivity index (χ1) is 11.2. The van der Waals surface area contributed by atoms with Crippen molar-refractivity contribution < 1.29 is 14.3 Å². The van der Waals surface area contributed by atoms with E-state index in [1.807, 2.05) is 30.3 Å². The molecule has 1 N–H and O–H groups in total. The van der Waals surface area contributed by atoms with Gasteiger partial charge in [0.05, 0.1) is 11.6 Å². The summed E-state index contributed by atoms with van der Waals surface area (Å²) in [5, 5.41) is 2.91. The van der Waals surface area contributed by atoms with Gasteiger partial charge in [0.1, 0.15) is 0 Å². The third-order valence-electron chi connectivity index (χ3n) is 3.35. The Labute approximate surface area is 135 Å². The number of nitrogens with one attached hydrogen (secondary N) is 1. The predicted molar refractivity (Wildman–Crippen MR) is 86.8 cm³/mol. The summed E-state index contributed by atoms with van der Waals surface area (Å²) >= 11 is 0. The minimum Gasteiger partial charge on any atom is -0.452 e. The van der Waals surface area contributed by atoms with Gasteiger partial charge in [-0.2, -0.15) is 0 Å². The molecule has 0 radical (unpaired) electrons. The topological polar surface area (TPSA) is 68.3 Å². The van der Waals surface area contributed by atoms with Gasteiger partial charge in [-0.15, -0.1) is 0 Å². The van der Waals surface area contributed by atoms with E-state index in [0.717, 1.165) is 18.4 Å². The van der Waals surface area contributed by atoms with E-state index < -0.39 is 5.97 Å². The molecule has 1 aromatic heterocycles. The molecule has 0 saturated carbocycles. The molecule has 5 heteroatoms. The van der Waals surface area contributed by atoms with Gasteiger partial charge >= 0.3 is 5.97 Å². The van der Waals surface area contributed by atoms with E-state index in [9.17, 15) is 9.59 Å². The van der Waals surface area contributed by atoms with Gasteiger partial charge in [0.15, 0.2) is 6.61 Å². The fourth-order valence-electron chi connectivity index (χ4n) is 2.23. The number of benzene rings is 1. The van der Waals surface area contributed by atoms with Crippen LogP contribution in [0.2, 0.25) is 0 Å². The van der Waals surface area contributed by atoms with Gasteiger partial charge < -0.3 is 10.1 Å². The average molecular weight is 312 g/mol. The number of nitrogens with zero attached hydrogens (tertiary/aromatic N) is 1. The smallest absolute Gasteiger partial charge is 0.340 e. The van der Waals surface area contributed by atoms with E-state index in [2.05, 4.69) is 17.2 Å². The van der Waals surface area contributed by atoms with Gasteiger partial charge in [-0.05, 0) is 24.1 Å². The molecule has 120 valence electrons. The lowest BCUT2D eigenvalue weighted by molar-refractivity contribution is -0.125. The largest absolute Gasteiger partial charge is 0.452 e. The summed E-state index contributed by atoms with van der Waals surface area (Å²) in [7, 11) is 0. The highest BCUT2D eigenvalue weighted by Crippen LogP contribution is 2.17. The maximum Gasteiger partial charge on any atom is 0.340 e. The maximum absolute atomic E-state index is 12.0. The van der Waals surface area contributed by atoms with Crippen molar-refractivity contribution in [1.29, 1.82) is 0 Å². The van der Waals surface area contributed by atoms with E-state index >= 15 is 0 Å². The molecule has 0 aliphatic rings. The number of pyridine rings is 1. The van der Waals surface area contributed by atoms with Crippen molar-refractivity contribution in [3.63, 3.8) is 0 Å². The number of amides is 1. The first kappa shape index (κ1) is 16.7. The molecule has 0 aliphatic heterocycles. The van der Waals surface area contributed by atoms with Gasteiger partial charge in [0, 0.05) is 12.4 Å². The third-order valence-corrected chi connectivity index (χ3v) is 3.35. The number of aromatic nitrogens is 1. The summed E-state index contributed by atoms with van der Waals surface area (Å²) in [4.78, 5) is 27.7. The van der Waals surface area contributed by atoms with E-state index in [1.54, 1.807) is 18.3 Å². The third kappa shape index (κ3) is 5.21. The molecule has 0 aliphatic carbocycles.